The van der Waals surface area contributed by atoms with Gasteiger partial charge in [0.05, 0.1) is 10.2 Å². The second-order valence-electron chi connectivity index (χ2n) is 6.64. The Morgan fingerprint density at radius 2 is 1.79 bits per heavy atom. The van der Waals surface area contributed by atoms with Crippen LogP contribution in [0.3, 0.4) is 0 Å². The van der Waals surface area contributed by atoms with Gasteiger partial charge in [-0.25, -0.2) is 18.1 Å². The van der Waals surface area contributed by atoms with Gasteiger partial charge in [0.25, 0.3) is 0 Å². The van der Waals surface area contributed by atoms with E-state index in [0.717, 1.165) is 24.9 Å². The first-order chi connectivity index (χ1) is 14.0. The zero-order valence-electron chi connectivity index (χ0n) is 15.7. The highest BCUT2D eigenvalue weighted by atomic mass is 79.9. The van der Waals surface area contributed by atoms with Gasteiger partial charge >= 0.3 is 0 Å². The van der Waals surface area contributed by atoms with E-state index in [2.05, 4.69) is 47.3 Å². The maximum absolute atomic E-state index is 12.3. The molecule has 150 valence electrons. The summed E-state index contributed by atoms with van der Waals surface area (Å²) >= 11 is 3.43. The smallest absolute Gasteiger partial charge is 0.242 e. The Labute approximate surface area is 178 Å². The third kappa shape index (κ3) is 4.12. The lowest BCUT2D eigenvalue weighted by Crippen LogP contribution is -2.19. The maximum atomic E-state index is 12.3. The van der Waals surface area contributed by atoms with Crippen LogP contribution in [-0.2, 0) is 22.9 Å². The van der Waals surface area contributed by atoms with E-state index in [0.29, 0.717) is 21.9 Å². The maximum Gasteiger partial charge on any atom is 0.242 e. The molecule has 2 aromatic carbocycles. The lowest BCUT2D eigenvalue weighted by Gasteiger charge is -2.14. The molecule has 29 heavy (non-hydrogen) atoms. The molecule has 0 saturated carbocycles. The zero-order chi connectivity index (χ0) is 20.4. The number of nitrogens with zero attached hydrogens (tertiary/aromatic N) is 2. The second kappa shape index (κ2) is 8.10. The summed E-state index contributed by atoms with van der Waals surface area (Å²) in [6.07, 6.45) is 4.92. The van der Waals surface area contributed by atoms with Crippen molar-refractivity contribution in [2.24, 2.45) is 0 Å². The molecule has 0 aliphatic heterocycles. The van der Waals surface area contributed by atoms with Gasteiger partial charge in [0.1, 0.15) is 10.7 Å². The van der Waals surface area contributed by atoms with Crippen LogP contribution in [0.2, 0.25) is 0 Å². The van der Waals surface area contributed by atoms with Crippen molar-refractivity contribution in [3.05, 3.63) is 64.3 Å². The highest BCUT2D eigenvalue weighted by Gasteiger charge is 2.18. The van der Waals surface area contributed by atoms with Gasteiger partial charge in [0.2, 0.25) is 16.0 Å². The van der Waals surface area contributed by atoms with Crippen LogP contribution in [0.4, 0.5) is 23.1 Å². The summed E-state index contributed by atoms with van der Waals surface area (Å²) in [5.74, 6) is 0.902. The van der Waals surface area contributed by atoms with Gasteiger partial charge in [-0.05, 0) is 71.6 Å². The largest absolute Gasteiger partial charge is 0.338 e. The predicted octanol–water partition coefficient (Wildman–Crippen LogP) is 4.12. The second-order valence-corrected chi connectivity index (χ2v) is 9.35. The average molecular weight is 474 g/mol. The molecular formula is C20H20BrN5O2S. The molecule has 0 amide bonds. The van der Waals surface area contributed by atoms with Crippen LogP contribution in [0, 0.1) is 0 Å². The number of halogens is 1. The summed E-state index contributed by atoms with van der Waals surface area (Å²) in [6.45, 7) is 0. The minimum atomic E-state index is -3.61. The fraction of sp³-hybridized carbons (Fsp3) is 0.200. The molecular weight excluding hydrogens is 454 g/mol. The molecule has 0 saturated heterocycles. The van der Waals surface area contributed by atoms with E-state index in [4.69, 9.17) is 0 Å². The summed E-state index contributed by atoms with van der Waals surface area (Å²) in [5, 5.41) is 6.40. The minimum absolute atomic E-state index is 0.142. The van der Waals surface area contributed by atoms with Crippen molar-refractivity contribution in [3.63, 3.8) is 0 Å². The number of benzene rings is 2. The Bertz CT molecular complexity index is 1170. The van der Waals surface area contributed by atoms with Crippen molar-refractivity contribution < 1.29 is 8.42 Å². The Morgan fingerprint density at radius 1 is 1.00 bits per heavy atom. The molecule has 4 rings (SSSR count). The number of hydrogen-bond acceptors (Lipinski definition) is 6. The molecule has 0 atom stereocenters. The normalized spacial score (nSPS) is 13.2. The summed E-state index contributed by atoms with van der Waals surface area (Å²) in [5.41, 5.74) is 4.09. The fourth-order valence-electron chi connectivity index (χ4n) is 3.41. The lowest BCUT2D eigenvalue weighted by molar-refractivity contribution is 0.588. The molecule has 0 bridgehead atoms. The van der Waals surface area contributed by atoms with Crippen LogP contribution in [0.15, 0.2) is 58.0 Å². The number of aryl methyl sites for hydroxylation is 1. The topological polar surface area (TPSA) is 96.0 Å². The lowest BCUT2D eigenvalue weighted by atomic mass is 10.1. The van der Waals surface area contributed by atoms with Crippen LogP contribution in [0.1, 0.15) is 17.5 Å². The molecule has 1 aliphatic rings. The fourth-order valence-corrected chi connectivity index (χ4v) is 4.59. The first-order valence-electron chi connectivity index (χ1n) is 9.18. The van der Waals surface area contributed by atoms with Crippen molar-refractivity contribution >= 4 is 49.1 Å². The SMILES string of the molecule is CNS(=O)(=O)c1ccccc1Nc1nc(Nc2cccc3c2CCC3)ncc1Br. The van der Waals surface area contributed by atoms with Crippen molar-refractivity contribution in [1.82, 2.24) is 14.7 Å². The highest BCUT2D eigenvalue weighted by Crippen LogP contribution is 2.32. The molecule has 1 heterocycles. The van der Waals surface area contributed by atoms with Crippen molar-refractivity contribution in [1.29, 1.82) is 0 Å². The first-order valence-corrected chi connectivity index (χ1v) is 11.5. The Morgan fingerprint density at radius 3 is 2.62 bits per heavy atom. The number of anilines is 4. The van der Waals surface area contributed by atoms with Gasteiger partial charge in [-0.1, -0.05) is 24.3 Å². The van der Waals surface area contributed by atoms with E-state index in [1.54, 1.807) is 24.4 Å². The molecule has 0 unspecified atom stereocenters. The summed E-state index contributed by atoms with van der Waals surface area (Å²) in [7, 11) is -2.23. The van der Waals surface area contributed by atoms with Gasteiger partial charge < -0.3 is 10.6 Å². The molecule has 1 aliphatic carbocycles. The molecule has 3 aromatic rings. The van der Waals surface area contributed by atoms with E-state index >= 15 is 0 Å². The van der Waals surface area contributed by atoms with Crippen LogP contribution >= 0.6 is 15.9 Å². The minimum Gasteiger partial charge on any atom is -0.338 e. The molecule has 7 nitrogen and oxygen atoms in total. The quantitative estimate of drug-likeness (QED) is 0.498. The van der Waals surface area contributed by atoms with E-state index in [1.165, 1.54) is 24.2 Å². The predicted molar refractivity (Wildman–Crippen MR) is 117 cm³/mol. The van der Waals surface area contributed by atoms with Gasteiger partial charge in [0, 0.05) is 11.9 Å². The van der Waals surface area contributed by atoms with Crippen LogP contribution in [-0.4, -0.2) is 25.4 Å². The number of fused-ring (bicyclic) bond motifs is 1. The molecule has 1 aromatic heterocycles. The Hall–Kier alpha value is -2.49. The van der Waals surface area contributed by atoms with Crippen molar-refractivity contribution in [2.75, 3.05) is 17.7 Å². The van der Waals surface area contributed by atoms with Gasteiger partial charge in [0.15, 0.2) is 0 Å². The Kier molecular flexibility index (Phi) is 5.53. The van der Waals surface area contributed by atoms with Crippen molar-refractivity contribution in [2.45, 2.75) is 24.2 Å². The third-order valence-corrected chi connectivity index (χ3v) is 6.89. The van der Waals surface area contributed by atoms with Gasteiger partial charge in [-0.15, -0.1) is 0 Å². The summed E-state index contributed by atoms with van der Waals surface area (Å²) in [6, 6.07) is 12.9. The zero-order valence-corrected chi connectivity index (χ0v) is 18.1. The van der Waals surface area contributed by atoms with E-state index in [9.17, 15) is 8.42 Å². The van der Waals surface area contributed by atoms with Crippen molar-refractivity contribution in [3.8, 4) is 0 Å². The van der Waals surface area contributed by atoms with Crippen LogP contribution in [0.5, 0.6) is 0 Å². The van der Waals surface area contributed by atoms with Crippen LogP contribution in [0.25, 0.3) is 0 Å². The number of hydrogen-bond donors (Lipinski definition) is 3. The molecule has 9 heteroatoms. The monoisotopic (exact) mass is 473 g/mol. The number of para-hydroxylation sites is 1. The summed E-state index contributed by atoms with van der Waals surface area (Å²) in [4.78, 5) is 9.03. The molecule has 0 radical (unpaired) electrons. The Balaban J connectivity index is 1.65. The third-order valence-electron chi connectivity index (χ3n) is 4.83. The molecule has 0 fully saturated rings. The number of rotatable bonds is 6. The van der Waals surface area contributed by atoms with E-state index in [1.807, 2.05) is 12.1 Å². The average Bonchev–Trinajstić information content (AvgIpc) is 3.21. The number of sulfonamides is 1. The molecule has 0 spiro atoms. The number of nitrogens with one attached hydrogen (secondary N) is 3. The van der Waals surface area contributed by atoms with Gasteiger partial charge in [-0.2, -0.15) is 4.98 Å². The highest BCUT2D eigenvalue weighted by molar-refractivity contribution is 9.10. The van der Waals surface area contributed by atoms with E-state index in [-0.39, 0.29) is 4.90 Å². The van der Waals surface area contributed by atoms with Crippen LogP contribution < -0.4 is 15.4 Å². The van der Waals surface area contributed by atoms with Gasteiger partial charge in [-0.3, -0.25) is 0 Å². The van der Waals surface area contributed by atoms with E-state index < -0.39 is 10.0 Å². The standard InChI is InChI=1S/C20H20BrN5O2S/c1-22-29(27,28)18-11-3-2-9-17(18)24-19-15(21)12-23-20(26-19)25-16-10-5-7-13-6-4-8-14(13)16/h2-3,5,7,9-12,22H,4,6,8H2,1H3,(H2,23,24,25,26). The number of aromatic nitrogens is 2. The first kappa shape index (κ1) is 19.8. The summed E-state index contributed by atoms with van der Waals surface area (Å²) < 4.78 is 27.6. The molecule has 3 N–H and O–H groups in total.